The van der Waals surface area contributed by atoms with Crippen molar-refractivity contribution >= 4 is 17.8 Å². The number of rotatable bonds is 6. The third-order valence-corrected chi connectivity index (χ3v) is 4.72. The highest BCUT2D eigenvalue weighted by atomic mass is 32.2. The van der Waals surface area contributed by atoms with Crippen molar-refractivity contribution in [2.24, 2.45) is 0 Å². The van der Waals surface area contributed by atoms with Crippen LogP contribution < -0.4 is 5.32 Å². The van der Waals surface area contributed by atoms with Crippen LogP contribution in [0.25, 0.3) is 0 Å². The molecule has 0 bridgehead atoms. The van der Waals surface area contributed by atoms with E-state index in [0.717, 1.165) is 18.6 Å². The topological polar surface area (TPSA) is 71.2 Å². The first-order valence-electron chi connectivity index (χ1n) is 6.46. The summed E-state index contributed by atoms with van der Waals surface area (Å²) in [6.07, 6.45) is 1.92. The number of aliphatic hydroxyl groups is 1. The molecule has 2 atom stereocenters. The van der Waals surface area contributed by atoms with Crippen molar-refractivity contribution in [3.05, 3.63) is 5.82 Å². The van der Waals surface area contributed by atoms with Crippen LogP contribution in [-0.4, -0.2) is 38.4 Å². The summed E-state index contributed by atoms with van der Waals surface area (Å²) in [5, 5.41) is 17.7. The molecule has 2 rings (SSSR count). The number of hydrogen-bond acceptors (Lipinski definition) is 6. The summed E-state index contributed by atoms with van der Waals surface area (Å²) < 4.78 is 5.10. The van der Waals surface area contributed by atoms with Gasteiger partial charge in [-0.25, -0.2) is 0 Å². The lowest BCUT2D eigenvalue weighted by Crippen LogP contribution is -2.54. The Hall–Kier alpha value is -0.750. The van der Waals surface area contributed by atoms with Gasteiger partial charge in [0.2, 0.25) is 0 Å². The van der Waals surface area contributed by atoms with Crippen LogP contribution in [0.5, 0.6) is 0 Å². The van der Waals surface area contributed by atoms with E-state index in [0.29, 0.717) is 23.6 Å². The summed E-state index contributed by atoms with van der Waals surface area (Å²) in [6, 6.07) is 0.402. The SMILES string of the molecule is CCSC1CCC1(O)CNc1nc(C(C)C)no1. The Bertz CT molecular complexity index is 396. The molecule has 102 valence electrons. The van der Waals surface area contributed by atoms with Crippen molar-refractivity contribution in [2.75, 3.05) is 17.6 Å². The first kappa shape index (κ1) is 13.7. The predicted molar refractivity (Wildman–Crippen MR) is 73.0 cm³/mol. The Balaban J connectivity index is 1.87. The monoisotopic (exact) mass is 271 g/mol. The van der Waals surface area contributed by atoms with Crippen LogP contribution >= 0.6 is 11.8 Å². The molecule has 1 aromatic rings. The summed E-state index contributed by atoms with van der Waals surface area (Å²) in [6.45, 7) is 6.62. The lowest BCUT2D eigenvalue weighted by Gasteiger charge is -2.44. The first-order valence-corrected chi connectivity index (χ1v) is 7.51. The normalized spacial score (nSPS) is 27.3. The zero-order valence-electron chi connectivity index (χ0n) is 11.1. The molecule has 2 unspecified atom stereocenters. The highest BCUT2D eigenvalue weighted by Gasteiger charge is 2.45. The van der Waals surface area contributed by atoms with Gasteiger partial charge < -0.3 is 14.9 Å². The smallest absolute Gasteiger partial charge is 0.321 e. The number of aromatic nitrogens is 2. The second-order valence-electron chi connectivity index (χ2n) is 5.05. The molecule has 0 spiro atoms. The fourth-order valence-electron chi connectivity index (χ4n) is 2.01. The average Bonchev–Trinajstić information content (AvgIpc) is 2.80. The molecule has 2 N–H and O–H groups in total. The molecule has 1 aliphatic carbocycles. The summed E-state index contributed by atoms with van der Waals surface area (Å²) in [5.41, 5.74) is -0.632. The molecule has 1 fully saturated rings. The van der Waals surface area contributed by atoms with Gasteiger partial charge in [-0.2, -0.15) is 16.7 Å². The maximum atomic E-state index is 10.4. The predicted octanol–water partition coefficient (Wildman–Crippen LogP) is 2.25. The molecular formula is C12H21N3O2S. The summed E-state index contributed by atoms with van der Waals surface area (Å²) in [4.78, 5) is 4.24. The number of hydrogen-bond donors (Lipinski definition) is 2. The third-order valence-electron chi connectivity index (χ3n) is 3.31. The molecule has 1 aliphatic rings. The largest absolute Gasteiger partial charge is 0.387 e. The second-order valence-corrected chi connectivity index (χ2v) is 6.53. The molecule has 0 radical (unpaired) electrons. The van der Waals surface area contributed by atoms with Gasteiger partial charge in [0, 0.05) is 17.7 Å². The van der Waals surface area contributed by atoms with E-state index in [9.17, 15) is 5.11 Å². The number of thioether (sulfide) groups is 1. The van der Waals surface area contributed by atoms with E-state index in [4.69, 9.17) is 4.52 Å². The third kappa shape index (κ3) is 2.80. The van der Waals surface area contributed by atoms with Crippen LogP contribution in [-0.2, 0) is 0 Å². The summed E-state index contributed by atoms with van der Waals surface area (Å²) in [5.74, 6) is 1.97. The molecule has 0 amide bonds. The molecule has 0 aliphatic heterocycles. The number of nitrogens with one attached hydrogen (secondary N) is 1. The average molecular weight is 271 g/mol. The standard InChI is InChI=1S/C12H21N3O2S/c1-4-18-9-5-6-12(9,16)7-13-11-14-10(8(2)3)15-17-11/h8-9,16H,4-7H2,1-3H3,(H,13,14,15). The molecule has 6 heteroatoms. The maximum absolute atomic E-state index is 10.4. The van der Waals surface area contributed by atoms with E-state index >= 15 is 0 Å². The fraction of sp³-hybridized carbons (Fsp3) is 0.833. The number of anilines is 1. The van der Waals surface area contributed by atoms with Crippen LogP contribution in [0.3, 0.4) is 0 Å². The highest BCUT2D eigenvalue weighted by Crippen LogP contribution is 2.41. The molecule has 0 aromatic carbocycles. The van der Waals surface area contributed by atoms with E-state index < -0.39 is 5.60 Å². The van der Waals surface area contributed by atoms with E-state index in [1.807, 2.05) is 25.6 Å². The minimum atomic E-state index is -0.632. The van der Waals surface area contributed by atoms with Crippen LogP contribution in [0, 0.1) is 0 Å². The fourth-order valence-corrected chi connectivity index (χ4v) is 3.21. The van der Waals surface area contributed by atoms with Crippen LogP contribution in [0.2, 0.25) is 0 Å². The maximum Gasteiger partial charge on any atom is 0.321 e. The van der Waals surface area contributed by atoms with Crippen molar-refractivity contribution in [2.45, 2.75) is 50.4 Å². The zero-order valence-corrected chi connectivity index (χ0v) is 12.0. The Morgan fingerprint density at radius 1 is 1.61 bits per heavy atom. The molecule has 1 aromatic heterocycles. The van der Waals surface area contributed by atoms with Gasteiger partial charge in [-0.3, -0.25) is 0 Å². The van der Waals surface area contributed by atoms with Gasteiger partial charge >= 0.3 is 6.01 Å². The minimum Gasteiger partial charge on any atom is -0.387 e. The van der Waals surface area contributed by atoms with Gasteiger partial charge in [-0.15, -0.1) is 0 Å². The van der Waals surface area contributed by atoms with E-state index in [-0.39, 0.29) is 5.92 Å². The second kappa shape index (κ2) is 5.48. The minimum absolute atomic E-state index is 0.250. The van der Waals surface area contributed by atoms with Crippen LogP contribution in [0.15, 0.2) is 4.52 Å². The molecule has 5 nitrogen and oxygen atoms in total. The van der Waals surface area contributed by atoms with Gasteiger partial charge in [-0.1, -0.05) is 25.9 Å². The molecule has 18 heavy (non-hydrogen) atoms. The number of nitrogens with zero attached hydrogens (tertiary/aromatic N) is 2. The van der Waals surface area contributed by atoms with Gasteiger partial charge in [0.25, 0.3) is 0 Å². The van der Waals surface area contributed by atoms with E-state index in [2.05, 4.69) is 22.4 Å². The van der Waals surface area contributed by atoms with Gasteiger partial charge in [-0.05, 0) is 18.6 Å². The van der Waals surface area contributed by atoms with Gasteiger partial charge in [0.15, 0.2) is 5.82 Å². The van der Waals surface area contributed by atoms with E-state index in [1.165, 1.54) is 0 Å². The Morgan fingerprint density at radius 2 is 2.39 bits per heavy atom. The van der Waals surface area contributed by atoms with Crippen molar-refractivity contribution in [1.82, 2.24) is 10.1 Å². The van der Waals surface area contributed by atoms with Crippen LogP contribution in [0.1, 0.15) is 45.4 Å². The zero-order chi connectivity index (χ0) is 13.2. The van der Waals surface area contributed by atoms with Gasteiger partial charge in [0.05, 0.1) is 5.60 Å². The summed E-state index contributed by atoms with van der Waals surface area (Å²) >= 11 is 1.81. The summed E-state index contributed by atoms with van der Waals surface area (Å²) in [7, 11) is 0. The van der Waals surface area contributed by atoms with Crippen molar-refractivity contribution < 1.29 is 9.63 Å². The van der Waals surface area contributed by atoms with Crippen molar-refractivity contribution in [3.63, 3.8) is 0 Å². The van der Waals surface area contributed by atoms with E-state index in [1.54, 1.807) is 0 Å². The highest BCUT2D eigenvalue weighted by molar-refractivity contribution is 8.00. The van der Waals surface area contributed by atoms with Crippen molar-refractivity contribution in [3.8, 4) is 0 Å². The first-order chi connectivity index (χ1) is 8.55. The Labute approximate surface area is 112 Å². The molecule has 1 saturated carbocycles. The quantitative estimate of drug-likeness (QED) is 0.827. The molecule has 0 saturated heterocycles. The lowest BCUT2D eigenvalue weighted by atomic mass is 9.79. The molecular weight excluding hydrogens is 250 g/mol. The molecule has 1 heterocycles. The lowest BCUT2D eigenvalue weighted by molar-refractivity contribution is -0.0124. The van der Waals surface area contributed by atoms with Gasteiger partial charge in [0.1, 0.15) is 0 Å². The van der Waals surface area contributed by atoms with Crippen molar-refractivity contribution in [1.29, 1.82) is 0 Å². The Kier molecular flexibility index (Phi) is 4.17. The van der Waals surface area contributed by atoms with Crippen LogP contribution in [0.4, 0.5) is 6.01 Å². The Morgan fingerprint density at radius 3 is 2.89 bits per heavy atom.